The number of hydrogen-bond donors (Lipinski definition) is 1. The zero-order valence-corrected chi connectivity index (χ0v) is 19.0. The number of carbonyl (C=O) groups excluding carboxylic acids is 2. The number of aromatic nitrogens is 2. The highest BCUT2D eigenvalue weighted by atomic mass is 79.9. The zero-order chi connectivity index (χ0) is 22.5. The van der Waals surface area contributed by atoms with Crippen LogP contribution in [0.25, 0.3) is 0 Å². The van der Waals surface area contributed by atoms with Crippen LogP contribution in [0.5, 0.6) is 0 Å². The quantitative estimate of drug-likeness (QED) is 0.423. The van der Waals surface area contributed by atoms with Crippen molar-refractivity contribution in [3.8, 4) is 0 Å². The molecule has 1 aliphatic rings. The van der Waals surface area contributed by atoms with Crippen molar-refractivity contribution in [2.75, 3.05) is 18.0 Å². The maximum Gasteiger partial charge on any atom is 0.260 e. The van der Waals surface area contributed by atoms with Crippen LogP contribution in [0.3, 0.4) is 0 Å². The Hall–Kier alpha value is -3.59. The number of nitrogens with zero attached hydrogens (tertiary/aromatic N) is 5. The van der Waals surface area contributed by atoms with E-state index in [2.05, 4.69) is 36.5 Å². The number of nitrogens with one attached hydrogen (secondary N) is 1. The smallest absolute Gasteiger partial charge is 0.260 e. The van der Waals surface area contributed by atoms with Crippen LogP contribution in [0.1, 0.15) is 23.6 Å². The Morgan fingerprint density at radius 2 is 2.06 bits per heavy atom. The highest BCUT2D eigenvalue weighted by Gasteiger charge is 2.27. The van der Waals surface area contributed by atoms with E-state index in [1.807, 2.05) is 61.7 Å². The van der Waals surface area contributed by atoms with E-state index < -0.39 is 5.91 Å². The summed E-state index contributed by atoms with van der Waals surface area (Å²) >= 11 is 3.50. The van der Waals surface area contributed by atoms with Crippen molar-refractivity contribution < 1.29 is 9.59 Å². The third-order valence-electron chi connectivity index (χ3n) is 4.91. The minimum Gasteiger partial charge on any atom is -0.301 e. The second kappa shape index (κ2) is 9.69. The molecule has 1 aromatic heterocycles. The van der Waals surface area contributed by atoms with Gasteiger partial charge in [0.15, 0.2) is 0 Å². The molecule has 0 atom stereocenters. The van der Waals surface area contributed by atoms with E-state index in [9.17, 15) is 9.59 Å². The number of hydrogen-bond acceptors (Lipinski definition) is 5. The summed E-state index contributed by atoms with van der Waals surface area (Å²) in [4.78, 5) is 31.5. The molecule has 0 saturated carbocycles. The molecule has 4 rings (SSSR count). The minimum absolute atomic E-state index is 0.0523. The van der Waals surface area contributed by atoms with Gasteiger partial charge in [0, 0.05) is 33.9 Å². The molecular weight excluding hydrogens is 472 g/mol. The van der Waals surface area contributed by atoms with Crippen molar-refractivity contribution in [1.29, 1.82) is 0 Å². The molecule has 2 aromatic carbocycles. The second-order valence-electron chi connectivity index (χ2n) is 7.09. The predicted molar refractivity (Wildman–Crippen MR) is 127 cm³/mol. The lowest BCUT2D eigenvalue weighted by molar-refractivity contribution is -0.123. The maximum absolute atomic E-state index is 12.9. The predicted octanol–water partition coefficient (Wildman–Crippen LogP) is 3.00. The Kier molecular flexibility index (Phi) is 6.55. The van der Waals surface area contributed by atoms with Crippen LogP contribution in [0.2, 0.25) is 0 Å². The summed E-state index contributed by atoms with van der Waals surface area (Å²) in [6, 6.07) is 15.3. The molecule has 162 valence electrons. The van der Waals surface area contributed by atoms with Gasteiger partial charge in [-0.05, 0) is 25.1 Å². The highest BCUT2D eigenvalue weighted by molar-refractivity contribution is 9.10. The SMILES string of the molecule is CCn1cc(C=NNC(=O)CN2C(=O)CN=C(c3ccccc3)c3cc(Br)ccc32)cn1. The number of anilines is 1. The summed E-state index contributed by atoms with van der Waals surface area (Å²) in [7, 11) is 0. The van der Waals surface area contributed by atoms with Crippen LogP contribution in [-0.2, 0) is 16.1 Å². The van der Waals surface area contributed by atoms with Crippen LogP contribution in [0.4, 0.5) is 5.69 Å². The Balaban J connectivity index is 1.55. The van der Waals surface area contributed by atoms with E-state index in [-0.39, 0.29) is 19.0 Å². The molecule has 0 fully saturated rings. The van der Waals surface area contributed by atoms with Gasteiger partial charge in [-0.15, -0.1) is 0 Å². The van der Waals surface area contributed by atoms with E-state index >= 15 is 0 Å². The van der Waals surface area contributed by atoms with Gasteiger partial charge in [-0.1, -0.05) is 46.3 Å². The Morgan fingerprint density at radius 3 is 2.81 bits per heavy atom. The number of rotatable bonds is 6. The fraction of sp³-hybridized carbons (Fsp3) is 0.174. The number of benzodiazepines with no additional fused rings is 1. The monoisotopic (exact) mass is 492 g/mol. The standard InChI is InChI=1S/C23H21BrN6O2/c1-2-29-14-16(12-27-29)11-26-28-21(31)15-30-20-9-8-18(24)10-19(20)23(25-13-22(30)32)17-6-4-3-5-7-17/h3-12,14H,2,13,15H2,1H3,(H,28,31). The lowest BCUT2D eigenvalue weighted by atomic mass is 10.0. The molecule has 0 aliphatic carbocycles. The lowest BCUT2D eigenvalue weighted by Crippen LogP contribution is -2.40. The van der Waals surface area contributed by atoms with Crippen LogP contribution in [0.15, 0.2) is 75.5 Å². The molecule has 0 bridgehead atoms. The van der Waals surface area contributed by atoms with Gasteiger partial charge in [0.25, 0.3) is 5.91 Å². The third kappa shape index (κ3) is 4.83. The molecule has 32 heavy (non-hydrogen) atoms. The van der Waals surface area contributed by atoms with Crippen LogP contribution >= 0.6 is 15.9 Å². The number of amides is 2. The van der Waals surface area contributed by atoms with Gasteiger partial charge in [-0.25, -0.2) is 5.43 Å². The normalized spacial score (nSPS) is 13.6. The first-order chi connectivity index (χ1) is 15.5. The van der Waals surface area contributed by atoms with Crippen molar-refractivity contribution in [2.45, 2.75) is 13.5 Å². The van der Waals surface area contributed by atoms with Gasteiger partial charge in [-0.3, -0.25) is 19.3 Å². The summed E-state index contributed by atoms with van der Waals surface area (Å²) in [5.41, 5.74) is 6.28. The Morgan fingerprint density at radius 1 is 1.25 bits per heavy atom. The van der Waals surface area contributed by atoms with Crippen molar-refractivity contribution in [2.24, 2.45) is 10.1 Å². The molecule has 0 unspecified atom stereocenters. The van der Waals surface area contributed by atoms with Gasteiger partial charge in [0.05, 0.1) is 23.8 Å². The van der Waals surface area contributed by atoms with Crippen molar-refractivity contribution in [3.63, 3.8) is 0 Å². The molecule has 0 radical (unpaired) electrons. The first kappa shape index (κ1) is 21.6. The first-order valence-corrected chi connectivity index (χ1v) is 10.9. The molecular formula is C23H21BrN6O2. The summed E-state index contributed by atoms with van der Waals surface area (Å²) in [6.07, 6.45) is 5.00. The van der Waals surface area contributed by atoms with Crippen molar-refractivity contribution in [3.05, 3.63) is 82.1 Å². The fourth-order valence-corrected chi connectivity index (χ4v) is 3.74. The minimum atomic E-state index is -0.408. The Bertz CT molecular complexity index is 1200. The number of aryl methyl sites for hydroxylation is 1. The molecule has 1 aliphatic heterocycles. The fourth-order valence-electron chi connectivity index (χ4n) is 3.38. The third-order valence-corrected chi connectivity index (χ3v) is 5.40. The molecule has 3 aromatic rings. The number of carbonyl (C=O) groups is 2. The molecule has 1 N–H and O–H groups in total. The Labute approximate surface area is 193 Å². The van der Waals surface area contributed by atoms with Gasteiger partial charge in [0.2, 0.25) is 5.91 Å². The number of hydrazone groups is 1. The first-order valence-electron chi connectivity index (χ1n) is 10.1. The molecule has 2 heterocycles. The van der Waals surface area contributed by atoms with Crippen molar-refractivity contribution >= 4 is 45.4 Å². The number of benzene rings is 2. The van der Waals surface area contributed by atoms with E-state index in [1.54, 1.807) is 10.9 Å². The van der Waals surface area contributed by atoms with Gasteiger partial charge >= 0.3 is 0 Å². The largest absolute Gasteiger partial charge is 0.301 e. The van der Waals surface area contributed by atoms with Crippen LogP contribution in [-0.4, -0.2) is 46.6 Å². The second-order valence-corrected chi connectivity index (χ2v) is 8.01. The molecule has 0 spiro atoms. The van der Waals surface area contributed by atoms with Gasteiger partial charge < -0.3 is 4.90 Å². The number of aliphatic imine (C=N–C) groups is 1. The van der Waals surface area contributed by atoms with E-state index in [1.165, 1.54) is 11.1 Å². The molecule has 0 saturated heterocycles. The highest BCUT2D eigenvalue weighted by Crippen LogP contribution is 2.29. The topological polar surface area (TPSA) is 92.0 Å². The van der Waals surface area contributed by atoms with Crippen LogP contribution in [0, 0.1) is 0 Å². The van der Waals surface area contributed by atoms with E-state index in [0.717, 1.165) is 27.7 Å². The number of fused-ring (bicyclic) bond motifs is 1. The molecule has 2 amide bonds. The van der Waals surface area contributed by atoms with E-state index in [0.29, 0.717) is 11.4 Å². The average molecular weight is 493 g/mol. The average Bonchev–Trinajstić information content (AvgIpc) is 3.21. The zero-order valence-electron chi connectivity index (χ0n) is 17.4. The molecule has 8 nitrogen and oxygen atoms in total. The summed E-state index contributed by atoms with van der Waals surface area (Å²) < 4.78 is 2.62. The number of halogens is 1. The van der Waals surface area contributed by atoms with Crippen molar-refractivity contribution in [1.82, 2.24) is 15.2 Å². The lowest BCUT2D eigenvalue weighted by Gasteiger charge is -2.22. The van der Waals surface area contributed by atoms with Crippen LogP contribution < -0.4 is 10.3 Å². The van der Waals surface area contributed by atoms with E-state index in [4.69, 9.17) is 0 Å². The van der Waals surface area contributed by atoms with Gasteiger partial charge in [0.1, 0.15) is 13.1 Å². The van der Waals surface area contributed by atoms with Gasteiger partial charge in [-0.2, -0.15) is 10.2 Å². The molecule has 9 heteroatoms. The summed E-state index contributed by atoms with van der Waals surface area (Å²) in [6.45, 7) is 2.51. The maximum atomic E-state index is 12.9. The summed E-state index contributed by atoms with van der Waals surface area (Å²) in [5.74, 6) is -0.669. The summed E-state index contributed by atoms with van der Waals surface area (Å²) in [5, 5.41) is 8.14.